The van der Waals surface area contributed by atoms with Crippen LogP contribution in [-0.4, -0.2) is 0 Å². The summed E-state index contributed by atoms with van der Waals surface area (Å²) in [7, 11) is 0. The van der Waals surface area contributed by atoms with E-state index in [1.54, 1.807) is 0 Å². The van der Waals surface area contributed by atoms with Crippen molar-refractivity contribution in [1.29, 1.82) is 0 Å². The van der Waals surface area contributed by atoms with E-state index in [9.17, 15) is 0 Å². The molecule has 102 valence electrons. The largest absolute Gasteiger partial charge is 0.380 e. The van der Waals surface area contributed by atoms with Gasteiger partial charge in [-0.2, -0.15) is 0 Å². The van der Waals surface area contributed by atoms with Crippen molar-refractivity contribution in [3.8, 4) is 11.8 Å². The van der Waals surface area contributed by atoms with Crippen LogP contribution in [0, 0.1) is 17.3 Å². The van der Waals surface area contributed by atoms with E-state index in [2.05, 4.69) is 74.3 Å². The van der Waals surface area contributed by atoms with Crippen LogP contribution in [0.4, 0.5) is 5.69 Å². The molecule has 0 saturated heterocycles. The van der Waals surface area contributed by atoms with Crippen molar-refractivity contribution >= 4 is 5.69 Å². The number of benzene rings is 2. The lowest BCUT2D eigenvalue weighted by Gasteiger charge is -2.10. The van der Waals surface area contributed by atoms with E-state index in [4.69, 9.17) is 0 Å². The van der Waals surface area contributed by atoms with Crippen LogP contribution >= 0.6 is 0 Å². The Morgan fingerprint density at radius 1 is 0.900 bits per heavy atom. The topological polar surface area (TPSA) is 12.0 Å². The number of hydrogen-bond donors (Lipinski definition) is 1. The molecule has 0 aromatic heterocycles. The van der Waals surface area contributed by atoms with Crippen molar-refractivity contribution in [2.75, 3.05) is 5.32 Å². The van der Waals surface area contributed by atoms with Crippen molar-refractivity contribution in [3.05, 3.63) is 65.7 Å². The smallest absolute Gasteiger partial charge is 0.0501 e. The number of anilines is 1. The molecular weight excluding hydrogens is 242 g/mol. The molecule has 0 bridgehead atoms. The molecule has 2 aromatic carbocycles. The van der Waals surface area contributed by atoms with Crippen molar-refractivity contribution in [2.45, 2.75) is 27.3 Å². The molecule has 0 amide bonds. The Morgan fingerprint density at radius 2 is 1.55 bits per heavy atom. The second-order valence-electron chi connectivity index (χ2n) is 5.88. The third kappa shape index (κ3) is 4.48. The van der Waals surface area contributed by atoms with Crippen LogP contribution in [0.15, 0.2) is 54.6 Å². The van der Waals surface area contributed by atoms with Crippen LogP contribution in [0.3, 0.4) is 0 Å². The van der Waals surface area contributed by atoms with Gasteiger partial charge in [-0.05, 0) is 38.5 Å². The molecule has 1 N–H and O–H groups in total. The van der Waals surface area contributed by atoms with E-state index in [1.165, 1.54) is 5.56 Å². The Bertz CT molecular complexity index is 609. The number of hydrogen-bond acceptors (Lipinski definition) is 1. The summed E-state index contributed by atoms with van der Waals surface area (Å²) >= 11 is 0. The summed E-state index contributed by atoms with van der Waals surface area (Å²) in [5.74, 6) is 6.56. The molecular formula is C19H21N. The average molecular weight is 263 g/mol. The van der Waals surface area contributed by atoms with Crippen LogP contribution in [-0.2, 0) is 6.54 Å². The summed E-state index contributed by atoms with van der Waals surface area (Å²) in [5, 5.41) is 3.46. The molecule has 0 unspecified atom stereocenters. The number of nitrogens with one attached hydrogen (secondary N) is 1. The summed E-state index contributed by atoms with van der Waals surface area (Å²) in [4.78, 5) is 0. The summed E-state index contributed by atoms with van der Waals surface area (Å²) < 4.78 is 0. The maximum atomic E-state index is 3.46. The van der Waals surface area contributed by atoms with Crippen molar-refractivity contribution in [2.24, 2.45) is 5.41 Å². The summed E-state index contributed by atoms with van der Waals surface area (Å²) in [6.07, 6.45) is 0. The quantitative estimate of drug-likeness (QED) is 0.792. The van der Waals surface area contributed by atoms with Gasteiger partial charge in [0.25, 0.3) is 0 Å². The highest BCUT2D eigenvalue weighted by atomic mass is 14.9. The van der Waals surface area contributed by atoms with E-state index < -0.39 is 0 Å². The van der Waals surface area contributed by atoms with Crippen LogP contribution in [0.25, 0.3) is 0 Å². The summed E-state index contributed by atoms with van der Waals surface area (Å²) in [6, 6.07) is 18.6. The van der Waals surface area contributed by atoms with Gasteiger partial charge in [-0.25, -0.2) is 0 Å². The second kappa shape index (κ2) is 6.30. The minimum absolute atomic E-state index is 0.0204. The van der Waals surface area contributed by atoms with Crippen molar-refractivity contribution in [3.63, 3.8) is 0 Å². The van der Waals surface area contributed by atoms with E-state index >= 15 is 0 Å². The van der Waals surface area contributed by atoms with Gasteiger partial charge in [0.15, 0.2) is 0 Å². The molecule has 2 aromatic rings. The van der Waals surface area contributed by atoms with Gasteiger partial charge in [-0.1, -0.05) is 54.3 Å². The Balaban J connectivity index is 2.14. The fourth-order valence-corrected chi connectivity index (χ4v) is 1.79. The first-order valence-electron chi connectivity index (χ1n) is 6.95. The van der Waals surface area contributed by atoms with Gasteiger partial charge in [-0.15, -0.1) is 0 Å². The highest BCUT2D eigenvalue weighted by molar-refractivity contribution is 5.59. The van der Waals surface area contributed by atoms with E-state index in [-0.39, 0.29) is 5.41 Å². The van der Waals surface area contributed by atoms with Crippen LogP contribution in [0.2, 0.25) is 0 Å². The fraction of sp³-hybridized carbons (Fsp3) is 0.263. The minimum Gasteiger partial charge on any atom is -0.380 e. The third-order valence-electron chi connectivity index (χ3n) is 2.83. The fourth-order valence-electron chi connectivity index (χ4n) is 1.79. The second-order valence-corrected chi connectivity index (χ2v) is 5.88. The Morgan fingerprint density at radius 3 is 2.25 bits per heavy atom. The predicted molar refractivity (Wildman–Crippen MR) is 86.5 cm³/mol. The summed E-state index contributed by atoms with van der Waals surface area (Å²) in [5.41, 5.74) is 3.43. The summed E-state index contributed by atoms with van der Waals surface area (Å²) in [6.45, 7) is 7.19. The maximum Gasteiger partial charge on any atom is 0.0501 e. The molecule has 0 aliphatic heterocycles. The lowest BCUT2D eigenvalue weighted by Crippen LogP contribution is -2.02. The lowest BCUT2D eigenvalue weighted by molar-refractivity contribution is 0.571. The molecule has 0 saturated carbocycles. The minimum atomic E-state index is 0.0204. The first-order chi connectivity index (χ1) is 9.54. The molecule has 0 radical (unpaired) electrons. The highest BCUT2D eigenvalue weighted by Crippen LogP contribution is 2.17. The van der Waals surface area contributed by atoms with Crippen molar-refractivity contribution < 1.29 is 0 Å². The molecule has 0 spiro atoms. The van der Waals surface area contributed by atoms with Crippen LogP contribution in [0.5, 0.6) is 0 Å². The van der Waals surface area contributed by atoms with E-state index in [0.29, 0.717) is 0 Å². The normalized spacial score (nSPS) is 10.6. The zero-order chi connectivity index (χ0) is 14.4. The van der Waals surface area contributed by atoms with Gasteiger partial charge >= 0.3 is 0 Å². The number of rotatable bonds is 3. The van der Waals surface area contributed by atoms with Crippen molar-refractivity contribution in [1.82, 2.24) is 0 Å². The van der Waals surface area contributed by atoms with Gasteiger partial charge in [-0.3, -0.25) is 0 Å². The molecule has 0 atom stereocenters. The molecule has 20 heavy (non-hydrogen) atoms. The molecule has 0 fully saturated rings. The molecule has 0 heterocycles. The van der Waals surface area contributed by atoms with Gasteiger partial charge < -0.3 is 5.32 Å². The van der Waals surface area contributed by atoms with Gasteiger partial charge in [0.05, 0.1) is 5.69 Å². The molecule has 1 heteroatoms. The molecule has 1 nitrogen and oxygen atoms in total. The maximum absolute atomic E-state index is 3.46. The zero-order valence-corrected chi connectivity index (χ0v) is 12.4. The standard InChI is InChI=1S/C19H21N/c1-19(2,3)14-13-17-11-7-8-12-18(17)20-15-16-9-5-4-6-10-16/h4-12,20H,15H2,1-3H3. The Kier molecular flexibility index (Phi) is 4.48. The molecule has 0 aliphatic rings. The Hall–Kier alpha value is -2.20. The lowest BCUT2D eigenvalue weighted by atomic mass is 9.97. The molecule has 2 rings (SSSR count). The predicted octanol–water partition coefficient (Wildman–Crippen LogP) is 4.70. The zero-order valence-electron chi connectivity index (χ0n) is 12.4. The average Bonchev–Trinajstić information content (AvgIpc) is 2.44. The molecule has 0 aliphatic carbocycles. The van der Waals surface area contributed by atoms with Gasteiger partial charge in [0.1, 0.15) is 0 Å². The van der Waals surface area contributed by atoms with Crippen LogP contribution in [0.1, 0.15) is 31.9 Å². The Labute approximate surface area is 122 Å². The van der Waals surface area contributed by atoms with E-state index in [0.717, 1.165) is 17.8 Å². The van der Waals surface area contributed by atoms with Crippen LogP contribution < -0.4 is 5.32 Å². The highest BCUT2D eigenvalue weighted by Gasteiger charge is 2.04. The van der Waals surface area contributed by atoms with Gasteiger partial charge in [0.2, 0.25) is 0 Å². The monoisotopic (exact) mass is 263 g/mol. The first-order valence-corrected chi connectivity index (χ1v) is 6.95. The van der Waals surface area contributed by atoms with E-state index in [1.807, 2.05) is 18.2 Å². The first kappa shape index (κ1) is 14.2. The number of para-hydroxylation sites is 1. The van der Waals surface area contributed by atoms with Gasteiger partial charge in [0, 0.05) is 17.5 Å². The third-order valence-corrected chi connectivity index (χ3v) is 2.83. The SMILES string of the molecule is CC(C)(C)C#Cc1ccccc1NCc1ccccc1.